The number of methoxy groups -OCH3 is 1. The molecule has 10 nitrogen and oxygen atoms in total. The van der Waals surface area contributed by atoms with Crippen LogP contribution in [-0.4, -0.2) is 80.2 Å². The third-order valence-corrected chi connectivity index (χ3v) is 10.7. The standard InChI is InChI=1S/C37H52N4O6S/c1-6-31(18-13-19-32(26-42)41(25-24-27(2)3)48(45,46)33-22-20-30(38)21-23-33)39-36(43)35(40(4)37(44)47-5)34(28-14-9-7-10-15-28)29-16-11-8-12-17-29/h7-12,14-17,20-23,27,31-32,34-35,42H,6,13,18-19,24-26,38H2,1-5H3,(H,39,43)/t31?,32-,35-/m0/s1. The van der Waals surface area contributed by atoms with Crippen molar-refractivity contribution in [2.24, 2.45) is 5.92 Å². The maximum atomic E-state index is 14.2. The molecule has 48 heavy (non-hydrogen) atoms. The molecular formula is C37H52N4O6S. The molecule has 0 aliphatic rings. The van der Waals surface area contributed by atoms with Crippen molar-refractivity contribution >= 4 is 27.7 Å². The molecule has 3 rings (SSSR count). The topological polar surface area (TPSA) is 142 Å². The van der Waals surface area contributed by atoms with Crippen molar-refractivity contribution in [3.63, 3.8) is 0 Å². The molecule has 11 heteroatoms. The summed E-state index contributed by atoms with van der Waals surface area (Å²) in [6, 6.07) is 23.5. The van der Waals surface area contributed by atoms with E-state index in [0.29, 0.717) is 37.8 Å². The Morgan fingerprint density at radius 1 is 0.896 bits per heavy atom. The number of nitrogens with two attached hydrogens (primary N) is 1. The molecule has 0 aliphatic heterocycles. The monoisotopic (exact) mass is 680 g/mol. The van der Waals surface area contributed by atoms with Gasteiger partial charge in [0, 0.05) is 37.3 Å². The number of nitrogens with zero attached hydrogens (tertiary/aromatic N) is 2. The average Bonchev–Trinajstić information content (AvgIpc) is 3.09. The zero-order valence-electron chi connectivity index (χ0n) is 28.8. The minimum absolute atomic E-state index is 0.129. The number of rotatable bonds is 18. The summed E-state index contributed by atoms with van der Waals surface area (Å²) < 4.78 is 33.9. The van der Waals surface area contributed by atoms with Gasteiger partial charge in [0.1, 0.15) is 6.04 Å². The van der Waals surface area contributed by atoms with Crippen LogP contribution in [-0.2, 0) is 19.6 Å². The number of nitrogens with one attached hydrogen (secondary N) is 1. The quantitative estimate of drug-likeness (QED) is 0.148. The van der Waals surface area contributed by atoms with Crippen molar-refractivity contribution in [1.29, 1.82) is 0 Å². The lowest BCUT2D eigenvalue weighted by atomic mass is 9.83. The molecule has 4 N–H and O–H groups in total. The number of ether oxygens (including phenoxy) is 1. The van der Waals surface area contributed by atoms with Gasteiger partial charge in [-0.1, -0.05) is 81.4 Å². The summed E-state index contributed by atoms with van der Waals surface area (Å²) in [7, 11) is -1.04. The van der Waals surface area contributed by atoms with Crippen LogP contribution in [0.15, 0.2) is 89.8 Å². The number of carbonyl (C=O) groups is 2. The van der Waals surface area contributed by atoms with Gasteiger partial charge in [-0.05, 0) is 73.4 Å². The highest BCUT2D eigenvalue weighted by atomic mass is 32.2. The molecule has 1 unspecified atom stereocenters. The van der Waals surface area contributed by atoms with E-state index in [4.69, 9.17) is 10.5 Å². The number of aliphatic hydroxyl groups excluding tert-OH is 1. The van der Waals surface area contributed by atoms with E-state index in [2.05, 4.69) is 5.32 Å². The first-order valence-electron chi connectivity index (χ1n) is 16.6. The number of hydrogen-bond acceptors (Lipinski definition) is 7. The van der Waals surface area contributed by atoms with E-state index >= 15 is 0 Å². The van der Waals surface area contributed by atoms with E-state index in [-0.39, 0.29) is 35.9 Å². The lowest BCUT2D eigenvalue weighted by Crippen LogP contribution is -2.53. The Hall–Kier alpha value is -3.93. The molecule has 0 fully saturated rings. The maximum Gasteiger partial charge on any atom is 0.409 e. The summed E-state index contributed by atoms with van der Waals surface area (Å²) in [4.78, 5) is 28.5. The maximum absolute atomic E-state index is 14.2. The largest absolute Gasteiger partial charge is 0.453 e. The average molecular weight is 681 g/mol. The minimum Gasteiger partial charge on any atom is -0.453 e. The Balaban J connectivity index is 1.82. The number of aliphatic hydroxyl groups is 1. The fourth-order valence-corrected chi connectivity index (χ4v) is 7.60. The number of carbonyl (C=O) groups excluding carboxylic acids is 2. The van der Waals surface area contributed by atoms with E-state index in [1.807, 2.05) is 81.4 Å². The van der Waals surface area contributed by atoms with Crippen LogP contribution in [0.25, 0.3) is 0 Å². The van der Waals surface area contributed by atoms with Gasteiger partial charge < -0.3 is 20.9 Å². The third kappa shape index (κ3) is 10.3. The number of amides is 2. The number of likely N-dealkylation sites (N-methyl/N-ethyl adjacent to an activating group) is 1. The highest BCUT2D eigenvalue weighted by Gasteiger charge is 2.38. The van der Waals surface area contributed by atoms with Crippen LogP contribution in [0.5, 0.6) is 0 Å². The number of hydrogen-bond donors (Lipinski definition) is 3. The van der Waals surface area contributed by atoms with Gasteiger partial charge in [-0.25, -0.2) is 13.2 Å². The first kappa shape index (κ1) is 38.5. The SMILES string of the molecule is CCC(CCC[C@@H](CO)N(CCC(C)C)S(=O)(=O)c1ccc(N)cc1)NC(=O)[C@H](C(c1ccccc1)c1ccccc1)N(C)C(=O)OC. The van der Waals surface area contributed by atoms with E-state index in [9.17, 15) is 23.1 Å². The van der Waals surface area contributed by atoms with E-state index in [0.717, 1.165) is 11.1 Å². The third-order valence-electron chi connectivity index (χ3n) is 8.74. The van der Waals surface area contributed by atoms with Crippen molar-refractivity contribution < 1.29 is 27.9 Å². The first-order valence-corrected chi connectivity index (χ1v) is 18.1. The Morgan fingerprint density at radius 3 is 1.94 bits per heavy atom. The predicted molar refractivity (Wildman–Crippen MR) is 190 cm³/mol. The molecule has 3 aromatic rings. The fourth-order valence-electron chi connectivity index (χ4n) is 5.94. The van der Waals surface area contributed by atoms with Gasteiger partial charge in [0.05, 0.1) is 18.6 Å². The van der Waals surface area contributed by atoms with E-state index < -0.39 is 34.1 Å². The summed E-state index contributed by atoms with van der Waals surface area (Å²) in [5.41, 5.74) is 8.02. The lowest BCUT2D eigenvalue weighted by Gasteiger charge is -2.35. The van der Waals surface area contributed by atoms with Gasteiger partial charge in [-0.3, -0.25) is 9.69 Å². The minimum atomic E-state index is -3.90. The Labute approximate surface area is 286 Å². The van der Waals surface area contributed by atoms with Crippen molar-refractivity contribution in [1.82, 2.24) is 14.5 Å². The summed E-state index contributed by atoms with van der Waals surface area (Å²) in [5.74, 6) is -0.531. The van der Waals surface area contributed by atoms with Crippen molar-refractivity contribution in [2.75, 3.05) is 33.0 Å². The smallest absolute Gasteiger partial charge is 0.409 e. The van der Waals surface area contributed by atoms with Gasteiger partial charge in [-0.15, -0.1) is 0 Å². The van der Waals surface area contributed by atoms with Crippen LogP contribution in [0.2, 0.25) is 0 Å². The molecule has 0 aliphatic carbocycles. The second-order valence-corrected chi connectivity index (χ2v) is 14.5. The molecule has 0 bridgehead atoms. The second kappa shape index (κ2) is 18.6. The molecule has 0 spiro atoms. The van der Waals surface area contributed by atoms with Gasteiger partial charge in [-0.2, -0.15) is 4.31 Å². The predicted octanol–water partition coefficient (Wildman–Crippen LogP) is 5.63. The molecule has 0 radical (unpaired) electrons. The van der Waals surface area contributed by atoms with Crippen LogP contribution in [0.3, 0.4) is 0 Å². The van der Waals surface area contributed by atoms with Gasteiger partial charge in [0.25, 0.3) is 0 Å². The van der Waals surface area contributed by atoms with E-state index in [1.54, 1.807) is 19.2 Å². The lowest BCUT2D eigenvalue weighted by molar-refractivity contribution is -0.126. The summed E-state index contributed by atoms with van der Waals surface area (Å²) in [6.45, 7) is 5.96. The van der Waals surface area contributed by atoms with Gasteiger partial charge >= 0.3 is 6.09 Å². The Kier molecular flexibility index (Phi) is 14.9. The summed E-state index contributed by atoms with van der Waals surface area (Å²) >= 11 is 0. The molecular weight excluding hydrogens is 628 g/mol. The fraction of sp³-hybridized carbons (Fsp3) is 0.459. The van der Waals surface area contributed by atoms with E-state index in [1.165, 1.54) is 28.4 Å². The number of anilines is 1. The van der Waals surface area contributed by atoms with Crippen LogP contribution in [0.4, 0.5) is 10.5 Å². The molecule has 0 heterocycles. The van der Waals surface area contributed by atoms with Crippen LogP contribution >= 0.6 is 0 Å². The normalized spacial score (nSPS) is 13.7. The second-order valence-electron chi connectivity index (χ2n) is 12.6. The number of nitrogen functional groups attached to an aromatic ring is 1. The number of sulfonamides is 1. The van der Waals surface area contributed by atoms with Crippen LogP contribution in [0.1, 0.15) is 69.9 Å². The molecule has 2 amide bonds. The van der Waals surface area contributed by atoms with Crippen molar-refractivity contribution in [3.8, 4) is 0 Å². The summed E-state index contributed by atoms with van der Waals surface area (Å²) in [6.07, 6.45) is 2.13. The Morgan fingerprint density at radius 2 is 1.46 bits per heavy atom. The number of benzene rings is 3. The molecule has 0 saturated carbocycles. The zero-order chi connectivity index (χ0) is 35.3. The Bertz CT molecular complexity index is 1480. The molecule has 3 aromatic carbocycles. The highest BCUT2D eigenvalue weighted by molar-refractivity contribution is 7.89. The molecule has 262 valence electrons. The first-order chi connectivity index (χ1) is 22.9. The zero-order valence-corrected chi connectivity index (χ0v) is 29.6. The van der Waals surface area contributed by atoms with Crippen LogP contribution in [0, 0.1) is 5.92 Å². The molecule has 3 atom stereocenters. The molecule has 0 saturated heterocycles. The van der Waals surface area contributed by atoms with Gasteiger partial charge in [0.15, 0.2) is 0 Å². The van der Waals surface area contributed by atoms with Crippen LogP contribution < -0.4 is 11.1 Å². The highest BCUT2D eigenvalue weighted by Crippen LogP contribution is 2.32. The van der Waals surface area contributed by atoms with Crippen molar-refractivity contribution in [3.05, 3.63) is 96.1 Å². The van der Waals surface area contributed by atoms with Crippen molar-refractivity contribution in [2.45, 2.75) is 81.8 Å². The summed E-state index contributed by atoms with van der Waals surface area (Å²) in [5, 5.41) is 13.6. The van der Waals surface area contributed by atoms with Gasteiger partial charge in [0.2, 0.25) is 15.9 Å². The molecule has 0 aromatic heterocycles.